The van der Waals surface area contributed by atoms with E-state index in [0.29, 0.717) is 5.92 Å². The highest BCUT2D eigenvalue weighted by molar-refractivity contribution is 5.87. The fraction of sp³-hybridized carbons (Fsp3) is 0.538. The van der Waals surface area contributed by atoms with E-state index in [1.54, 1.807) is 0 Å². The maximum Gasteiger partial charge on any atom is 0.246 e. The van der Waals surface area contributed by atoms with Gasteiger partial charge in [-0.3, -0.25) is 4.79 Å². The Labute approximate surface area is 100 Å². The number of aromatic nitrogens is 1. The van der Waals surface area contributed by atoms with Crippen LogP contribution in [-0.4, -0.2) is 22.5 Å². The summed E-state index contributed by atoms with van der Waals surface area (Å²) in [6, 6.07) is 2.11. The van der Waals surface area contributed by atoms with Gasteiger partial charge < -0.3 is 9.42 Å². The van der Waals surface area contributed by atoms with Gasteiger partial charge >= 0.3 is 0 Å². The van der Waals surface area contributed by atoms with Gasteiger partial charge in [0.1, 0.15) is 11.5 Å². The van der Waals surface area contributed by atoms with Crippen LogP contribution in [0.15, 0.2) is 23.2 Å². The molecule has 1 aliphatic heterocycles. The number of carbonyl (C=O) groups is 1. The first kappa shape index (κ1) is 10.6. The third-order valence-corrected chi connectivity index (χ3v) is 3.58. The third kappa shape index (κ3) is 1.88. The molecule has 0 aromatic carbocycles. The van der Waals surface area contributed by atoms with Gasteiger partial charge in [0, 0.05) is 18.5 Å². The molecule has 17 heavy (non-hydrogen) atoms. The van der Waals surface area contributed by atoms with Crippen LogP contribution >= 0.6 is 0 Å². The first-order chi connectivity index (χ1) is 8.29. The van der Waals surface area contributed by atoms with Gasteiger partial charge in [0.2, 0.25) is 5.91 Å². The van der Waals surface area contributed by atoms with Gasteiger partial charge in [-0.05, 0) is 31.8 Å². The SMILES string of the molecule is C=CC(=O)N1CCCC1c1cc(C2CC2)on1. The van der Waals surface area contributed by atoms with Crippen LogP contribution in [0.5, 0.6) is 0 Å². The molecule has 1 aromatic heterocycles. The molecule has 3 rings (SSSR count). The monoisotopic (exact) mass is 232 g/mol. The van der Waals surface area contributed by atoms with E-state index in [2.05, 4.69) is 11.7 Å². The molecule has 1 saturated heterocycles. The lowest BCUT2D eigenvalue weighted by Gasteiger charge is -2.20. The Kier molecular flexibility index (Phi) is 2.50. The van der Waals surface area contributed by atoms with Gasteiger partial charge in [0.05, 0.1) is 6.04 Å². The molecule has 0 N–H and O–H groups in total. The molecule has 0 bridgehead atoms. The van der Waals surface area contributed by atoms with Gasteiger partial charge in [-0.15, -0.1) is 0 Å². The largest absolute Gasteiger partial charge is 0.361 e. The highest BCUT2D eigenvalue weighted by Crippen LogP contribution is 2.41. The molecule has 0 radical (unpaired) electrons. The topological polar surface area (TPSA) is 46.3 Å². The molecule has 1 unspecified atom stereocenters. The quantitative estimate of drug-likeness (QED) is 0.752. The van der Waals surface area contributed by atoms with Gasteiger partial charge in [-0.1, -0.05) is 11.7 Å². The Hall–Kier alpha value is -1.58. The van der Waals surface area contributed by atoms with Gasteiger partial charge in [0.25, 0.3) is 0 Å². The molecule has 2 heterocycles. The molecule has 2 aliphatic rings. The van der Waals surface area contributed by atoms with E-state index in [9.17, 15) is 4.79 Å². The summed E-state index contributed by atoms with van der Waals surface area (Å²) in [6.45, 7) is 4.33. The van der Waals surface area contributed by atoms with E-state index < -0.39 is 0 Å². The Bertz CT molecular complexity index is 448. The number of hydrogen-bond donors (Lipinski definition) is 0. The highest BCUT2D eigenvalue weighted by atomic mass is 16.5. The number of amides is 1. The molecule has 4 heteroatoms. The lowest BCUT2D eigenvalue weighted by atomic mass is 10.1. The summed E-state index contributed by atoms with van der Waals surface area (Å²) in [5.41, 5.74) is 0.902. The van der Waals surface area contributed by atoms with Crippen LogP contribution in [0.4, 0.5) is 0 Å². The Morgan fingerprint density at radius 2 is 2.35 bits per heavy atom. The molecule has 4 nitrogen and oxygen atoms in total. The lowest BCUT2D eigenvalue weighted by molar-refractivity contribution is -0.127. The van der Waals surface area contributed by atoms with Crippen LogP contribution in [0.3, 0.4) is 0 Å². The van der Waals surface area contributed by atoms with Crippen molar-refractivity contribution in [2.45, 2.75) is 37.6 Å². The van der Waals surface area contributed by atoms with E-state index in [4.69, 9.17) is 4.52 Å². The highest BCUT2D eigenvalue weighted by Gasteiger charge is 2.33. The molecular formula is C13H16N2O2. The molecule has 1 atom stereocenters. The minimum absolute atomic E-state index is 0.0107. The fourth-order valence-electron chi connectivity index (χ4n) is 2.48. The van der Waals surface area contributed by atoms with Crippen molar-refractivity contribution in [3.05, 3.63) is 30.2 Å². The van der Waals surface area contributed by atoms with Gasteiger partial charge in [-0.25, -0.2) is 0 Å². The molecule has 1 aromatic rings. The van der Waals surface area contributed by atoms with Crippen molar-refractivity contribution in [3.63, 3.8) is 0 Å². The maximum atomic E-state index is 11.7. The Balaban J connectivity index is 1.81. The van der Waals surface area contributed by atoms with Gasteiger partial charge in [-0.2, -0.15) is 0 Å². The minimum Gasteiger partial charge on any atom is -0.361 e. The van der Waals surface area contributed by atoms with Crippen LogP contribution in [0, 0.1) is 0 Å². The van der Waals surface area contributed by atoms with E-state index in [1.807, 2.05) is 11.0 Å². The average molecular weight is 232 g/mol. The van der Waals surface area contributed by atoms with E-state index >= 15 is 0 Å². The molecule has 2 fully saturated rings. The van der Waals surface area contributed by atoms with Crippen molar-refractivity contribution < 1.29 is 9.32 Å². The van der Waals surface area contributed by atoms with Crippen LogP contribution < -0.4 is 0 Å². The van der Waals surface area contributed by atoms with Crippen LogP contribution in [0.1, 0.15) is 49.1 Å². The fourth-order valence-corrected chi connectivity index (χ4v) is 2.48. The number of carbonyl (C=O) groups excluding carboxylic acids is 1. The zero-order valence-electron chi connectivity index (χ0n) is 9.76. The molecule has 0 spiro atoms. The molecule has 1 amide bonds. The number of likely N-dealkylation sites (tertiary alicyclic amines) is 1. The second kappa shape index (κ2) is 4.02. The maximum absolute atomic E-state index is 11.7. The number of hydrogen-bond acceptors (Lipinski definition) is 3. The van der Waals surface area contributed by atoms with Crippen LogP contribution in [0.2, 0.25) is 0 Å². The van der Waals surface area contributed by atoms with Crippen molar-refractivity contribution in [1.29, 1.82) is 0 Å². The second-order valence-corrected chi connectivity index (χ2v) is 4.82. The number of rotatable bonds is 3. The van der Waals surface area contributed by atoms with Crippen molar-refractivity contribution in [2.24, 2.45) is 0 Å². The summed E-state index contributed by atoms with van der Waals surface area (Å²) in [6.07, 6.45) is 5.77. The second-order valence-electron chi connectivity index (χ2n) is 4.82. The van der Waals surface area contributed by atoms with Crippen LogP contribution in [-0.2, 0) is 4.79 Å². The molecule has 1 aliphatic carbocycles. The van der Waals surface area contributed by atoms with E-state index in [1.165, 1.54) is 18.9 Å². The third-order valence-electron chi connectivity index (χ3n) is 3.58. The summed E-state index contributed by atoms with van der Waals surface area (Å²) in [5.74, 6) is 1.54. The van der Waals surface area contributed by atoms with E-state index in [0.717, 1.165) is 30.8 Å². The van der Waals surface area contributed by atoms with Crippen LogP contribution in [0.25, 0.3) is 0 Å². The standard InChI is InChI=1S/C13H16N2O2/c1-2-13(16)15-7-3-4-11(15)10-8-12(17-14-10)9-5-6-9/h2,8-9,11H,1,3-7H2. The summed E-state index contributed by atoms with van der Waals surface area (Å²) in [4.78, 5) is 13.5. The molecule has 90 valence electrons. The van der Waals surface area contributed by atoms with Crippen molar-refractivity contribution in [2.75, 3.05) is 6.54 Å². The first-order valence-corrected chi connectivity index (χ1v) is 6.19. The average Bonchev–Trinajstić information content (AvgIpc) is 2.91. The summed E-state index contributed by atoms with van der Waals surface area (Å²) in [5, 5.41) is 4.12. The normalized spacial score (nSPS) is 24.0. The van der Waals surface area contributed by atoms with Crippen molar-refractivity contribution in [3.8, 4) is 0 Å². The lowest BCUT2D eigenvalue weighted by Crippen LogP contribution is -2.28. The molecule has 1 saturated carbocycles. The predicted octanol–water partition coefficient (Wildman–Crippen LogP) is 2.40. The van der Waals surface area contributed by atoms with E-state index in [-0.39, 0.29) is 11.9 Å². The Morgan fingerprint density at radius 3 is 3.06 bits per heavy atom. The summed E-state index contributed by atoms with van der Waals surface area (Å²) < 4.78 is 5.35. The van der Waals surface area contributed by atoms with Crippen molar-refractivity contribution >= 4 is 5.91 Å². The molecular weight excluding hydrogens is 216 g/mol. The van der Waals surface area contributed by atoms with Crippen molar-refractivity contribution in [1.82, 2.24) is 10.1 Å². The van der Waals surface area contributed by atoms with Gasteiger partial charge in [0.15, 0.2) is 0 Å². The predicted molar refractivity (Wildman–Crippen MR) is 62.4 cm³/mol. The first-order valence-electron chi connectivity index (χ1n) is 6.19. The summed E-state index contributed by atoms with van der Waals surface area (Å²) in [7, 11) is 0. The smallest absolute Gasteiger partial charge is 0.246 e. The number of nitrogens with zero attached hydrogens (tertiary/aromatic N) is 2. The zero-order chi connectivity index (χ0) is 11.8. The minimum atomic E-state index is -0.0107. The summed E-state index contributed by atoms with van der Waals surface area (Å²) >= 11 is 0. The Morgan fingerprint density at radius 1 is 1.53 bits per heavy atom. The zero-order valence-corrected chi connectivity index (χ0v) is 9.76.